The van der Waals surface area contributed by atoms with Crippen molar-refractivity contribution in [2.45, 2.75) is 32.7 Å². The lowest BCUT2D eigenvalue weighted by Crippen LogP contribution is -2.25. The zero-order chi connectivity index (χ0) is 13.0. The van der Waals surface area contributed by atoms with Crippen LogP contribution in [0, 0.1) is 0 Å². The van der Waals surface area contributed by atoms with E-state index in [1.54, 1.807) is 0 Å². The number of nitrogens with zero attached hydrogens (tertiary/aromatic N) is 1. The highest BCUT2D eigenvalue weighted by atomic mass is 79.9. The summed E-state index contributed by atoms with van der Waals surface area (Å²) in [6.07, 6.45) is 4.07. The van der Waals surface area contributed by atoms with Crippen molar-refractivity contribution in [3.63, 3.8) is 0 Å². The highest BCUT2D eigenvalue weighted by Gasteiger charge is 2.07. The lowest BCUT2D eigenvalue weighted by Gasteiger charge is -2.13. The molecule has 0 radical (unpaired) electrons. The van der Waals surface area contributed by atoms with E-state index in [0.717, 1.165) is 29.4 Å². The van der Waals surface area contributed by atoms with Crippen molar-refractivity contribution in [1.29, 1.82) is 0 Å². The van der Waals surface area contributed by atoms with Crippen LogP contribution in [-0.2, 0) is 6.42 Å². The number of pyridine rings is 1. The highest BCUT2D eigenvalue weighted by Crippen LogP contribution is 2.26. The molecule has 18 heavy (non-hydrogen) atoms. The van der Waals surface area contributed by atoms with E-state index >= 15 is 0 Å². The molecule has 1 atom stereocenters. The van der Waals surface area contributed by atoms with Gasteiger partial charge in [0.1, 0.15) is 0 Å². The number of aromatic nitrogens is 1. The van der Waals surface area contributed by atoms with Gasteiger partial charge < -0.3 is 5.32 Å². The average molecular weight is 307 g/mol. The molecule has 0 aliphatic carbocycles. The highest BCUT2D eigenvalue weighted by molar-refractivity contribution is 9.10. The lowest BCUT2D eigenvalue weighted by atomic mass is 10.0. The molecule has 0 saturated heterocycles. The number of benzene rings is 1. The first-order chi connectivity index (χ1) is 8.72. The number of hydrogen-bond donors (Lipinski definition) is 1. The smallest absolute Gasteiger partial charge is 0.0745 e. The first kappa shape index (κ1) is 13.5. The molecule has 1 N–H and O–H groups in total. The summed E-state index contributed by atoms with van der Waals surface area (Å²) >= 11 is 3.58. The van der Waals surface area contributed by atoms with Crippen LogP contribution in [0.1, 0.15) is 25.8 Å². The molecule has 1 aromatic heterocycles. The van der Waals surface area contributed by atoms with Gasteiger partial charge in [-0.05, 0) is 44.0 Å². The van der Waals surface area contributed by atoms with Gasteiger partial charge in [0.2, 0.25) is 0 Å². The molecule has 3 heteroatoms. The van der Waals surface area contributed by atoms with Gasteiger partial charge in [-0.2, -0.15) is 0 Å². The molecule has 1 aromatic carbocycles. The lowest BCUT2D eigenvalue weighted by molar-refractivity contribution is 0.531. The SMILES string of the molecule is CCNC(C)CCc1ccc(Br)c2cccnc12. The Morgan fingerprint density at radius 2 is 2.17 bits per heavy atom. The molecule has 0 bridgehead atoms. The number of fused-ring (bicyclic) bond motifs is 1. The van der Waals surface area contributed by atoms with Crippen LogP contribution in [0.15, 0.2) is 34.9 Å². The molecule has 0 aliphatic heterocycles. The van der Waals surface area contributed by atoms with Gasteiger partial charge in [0, 0.05) is 22.1 Å². The number of nitrogens with one attached hydrogen (secondary N) is 1. The van der Waals surface area contributed by atoms with E-state index in [0.29, 0.717) is 6.04 Å². The van der Waals surface area contributed by atoms with Gasteiger partial charge in [-0.15, -0.1) is 0 Å². The quantitative estimate of drug-likeness (QED) is 0.905. The van der Waals surface area contributed by atoms with Crippen LogP contribution in [0.25, 0.3) is 10.9 Å². The fraction of sp³-hybridized carbons (Fsp3) is 0.400. The largest absolute Gasteiger partial charge is 0.315 e. The zero-order valence-corrected chi connectivity index (χ0v) is 12.5. The monoisotopic (exact) mass is 306 g/mol. The summed E-state index contributed by atoms with van der Waals surface area (Å²) in [7, 11) is 0. The Balaban J connectivity index is 2.21. The summed E-state index contributed by atoms with van der Waals surface area (Å²) in [4.78, 5) is 4.52. The molecule has 0 spiro atoms. The summed E-state index contributed by atoms with van der Waals surface area (Å²) in [5, 5.41) is 4.65. The minimum absolute atomic E-state index is 0.553. The molecule has 0 saturated carbocycles. The van der Waals surface area contributed by atoms with Gasteiger partial charge in [-0.3, -0.25) is 4.98 Å². The van der Waals surface area contributed by atoms with Crippen LogP contribution in [0.2, 0.25) is 0 Å². The van der Waals surface area contributed by atoms with Crippen LogP contribution in [0.4, 0.5) is 0 Å². The Morgan fingerprint density at radius 3 is 2.94 bits per heavy atom. The molecule has 1 unspecified atom stereocenters. The summed E-state index contributed by atoms with van der Waals surface area (Å²) in [5.74, 6) is 0. The predicted molar refractivity (Wildman–Crippen MR) is 80.9 cm³/mol. The number of hydrogen-bond acceptors (Lipinski definition) is 2. The first-order valence-corrected chi connectivity index (χ1v) is 7.27. The fourth-order valence-electron chi connectivity index (χ4n) is 2.22. The minimum Gasteiger partial charge on any atom is -0.315 e. The Morgan fingerprint density at radius 1 is 1.33 bits per heavy atom. The topological polar surface area (TPSA) is 24.9 Å². The molecule has 0 fully saturated rings. The van der Waals surface area contributed by atoms with Crippen LogP contribution in [-0.4, -0.2) is 17.6 Å². The second-order valence-corrected chi connectivity index (χ2v) is 5.46. The van der Waals surface area contributed by atoms with Gasteiger partial charge in [-0.1, -0.05) is 35.0 Å². The molecular formula is C15H19BrN2. The normalized spacial score (nSPS) is 12.8. The fourth-order valence-corrected chi connectivity index (χ4v) is 2.67. The van der Waals surface area contributed by atoms with Gasteiger partial charge in [0.25, 0.3) is 0 Å². The van der Waals surface area contributed by atoms with Crippen molar-refractivity contribution in [2.24, 2.45) is 0 Å². The summed E-state index contributed by atoms with van der Waals surface area (Å²) in [6, 6.07) is 8.95. The third-order valence-electron chi connectivity index (χ3n) is 3.20. The maximum atomic E-state index is 4.52. The second kappa shape index (κ2) is 6.30. The Hall–Kier alpha value is -0.930. The predicted octanol–water partition coefficient (Wildman–Crippen LogP) is 3.93. The molecule has 2 rings (SSSR count). The Bertz CT molecular complexity index is 525. The zero-order valence-electron chi connectivity index (χ0n) is 10.9. The third-order valence-corrected chi connectivity index (χ3v) is 3.89. The molecule has 0 aliphatic rings. The van der Waals surface area contributed by atoms with E-state index in [1.807, 2.05) is 12.3 Å². The molecule has 0 amide bonds. The van der Waals surface area contributed by atoms with Crippen LogP contribution in [0.5, 0.6) is 0 Å². The van der Waals surface area contributed by atoms with Gasteiger partial charge in [0.15, 0.2) is 0 Å². The average Bonchev–Trinajstić information content (AvgIpc) is 2.39. The van der Waals surface area contributed by atoms with Gasteiger partial charge in [0.05, 0.1) is 5.52 Å². The van der Waals surface area contributed by atoms with E-state index in [1.165, 1.54) is 10.9 Å². The third kappa shape index (κ3) is 3.09. The number of halogens is 1. The van der Waals surface area contributed by atoms with Crippen molar-refractivity contribution in [3.05, 3.63) is 40.5 Å². The Kier molecular flexibility index (Phi) is 4.72. The minimum atomic E-state index is 0.553. The van der Waals surface area contributed by atoms with E-state index in [-0.39, 0.29) is 0 Å². The second-order valence-electron chi connectivity index (χ2n) is 4.60. The summed E-state index contributed by atoms with van der Waals surface area (Å²) in [5.41, 5.74) is 2.45. The standard InChI is InChI=1S/C15H19BrN2/c1-3-17-11(2)6-7-12-8-9-14(16)13-5-4-10-18-15(12)13/h4-5,8-11,17H,3,6-7H2,1-2H3. The summed E-state index contributed by atoms with van der Waals surface area (Å²) < 4.78 is 1.12. The molecule has 96 valence electrons. The van der Waals surface area contributed by atoms with Crippen LogP contribution >= 0.6 is 15.9 Å². The van der Waals surface area contributed by atoms with Gasteiger partial charge >= 0.3 is 0 Å². The van der Waals surface area contributed by atoms with E-state index < -0.39 is 0 Å². The maximum absolute atomic E-state index is 4.52. The van der Waals surface area contributed by atoms with Crippen molar-refractivity contribution in [3.8, 4) is 0 Å². The molecular weight excluding hydrogens is 288 g/mol. The first-order valence-electron chi connectivity index (χ1n) is 6.48. The van der Waals surface area contributed by atoms with Crippen LogP contribution in [0.3, 0.4) is 0 Å². The van der Waals surface area contributed by atoms with Crippen LogP contribution < -0.4 is 5.32 Å². The summed E-state index contributed by atoms with van der Waals surface area (Å²) in [6.45, 7) is 5.41. The van der Waals surface area contributed by atoms with Gasteiger partial charge in [-0.25, -0.2) is 0 Å². The van der Waals surface area contributed by atoms with Crippen molar-refractivity contribution in [2.75, 3.05) is 6.54 Å². The maximum Gasteiger partial charge on any atom is 0.0745 e. The number of rotatable bonds is 5. The molecule has 2 nitrogen and oxygen atoms in total. The Labute approximate surface area is 117 Å². The van der Waals surface area contributed by atoms with Crippen molar-refractivity contribution in [1.82, 2.24) is 10.3 Å². The van der Waals surface area contributed by atoms with E-state index in [4.69, 9.17) is 0 Å². The van der Waals surface area contributed by atoms with E-state index in [9.17, 15) is 0 Å². The van der Waals surface area contributed by atoms with Crippen molar-refractivity contribution < 1.29 is 0 Å². The molecule has 1 heterocycles. The molecule has 2 aromatic rings. The van der Waals surface area contributed by atoms with Crippen molar-refractivity contribution >= 4 is 26.8 Å². The number of aryl methyl sites for hydroxylation is 1. The van der Waals surface area contributed by atoms with E-state index in [2.05, 4.69) is 58.3 Å².